The van der Waals surface area contributed by atoms with Crippen LogP contribution in [0.15, 0.2) is 18.2 Å². The molecule has 1 saturated carbocycles. The summed E-state index contributed by atoms with van der Waals surface area (Å²) in [7, 11) is 0. The summed E-state index contributed by atoms with van der Waals surface area (Å²) < 4.78 is 12.9. The quantitative estimate of drug-likeness (QED) is 0.730. The molecule has 1 aliphatic carbocycles. The number of halogens is 1. The van der Waals surface area contributed by atoms with E-state index in [1.165, 1.54) is 31.4 Å². The van der Waals surface area contributed by atoms with Crippen molar-refractivity contribution in [3.63, 3.8) is 0 Å². The van der Waals surface area contributed by atoms with Crippen molar-refractivity contribution in [1.29, 1.82) is 0 Å². The fraction of sp³-hybridized carbons (Fsp3) is 0.500. The van der Waals surface area contributed by atoms with E-state index < -0.39 is 5.82 Å². The van der Waals surface area contributed by atoms with Gasteiger partial charge in [0.15, 0.2) is 11.6 Å². The minimum Gasteiger partial charge on any atom is -0.505 e. The Labute approximate surface area is 89.1 Å². The molecule has 1 fully saturated rings. The summed E-state index contributed by atoms with van der Waals surface area (Å²) in [6.07, 6.45) is 3.96. The molecule has 82 valence electrons. The van der Waals surface area contributed by atoms with Gasteiger partial charge in [0, 0.05) is 6.54 Å². The Balaban J connectivity index is 1.74. The predicted octanol–water partition coefficient (Wildman–Crippen LogP) is 2.42. The number of hydrogen-bond donors (Lipinski definition) is 2. The molecule has 1 aliphatic rings. The van der Waals surface area contributed by atoms with Crippen LogP contribution in [0.2, 0.25) is 0 Å². The minimum atomic E-state index is -0.545. The Morgan fingerprint density at radius 1 is 1.40 bits per heavy atom. The van der Waals surface area contributed by atoms with Crippen LogP contribution in [-0.4, -0.2) is 11.7 Å². The van der Waals surface area contributed by atoms with Crippen molar-refractivity contribution >= 4 is 0 Å². The van der Waals surface area contributed by atoms with Gasteiger partial charge in [0.25, 0.3) is 0 Å². The van der Waals surface area contributed by atoms with Crippen LogP contribution in [0.4, 0.5) is 4.39 Å². The van der Waals surface area contributed by atoms with Gasteiger partial charge >= 0.3 is 0 Å². The number of hydrogen-bond acceptors (Lipinski definition) is 2. The Kier molecular flexibility index (Phi) is 3.21. The smallest absolute Gasteiger partial charge is 0.165 e. The molecule has 1 aromatic rings. The molecule has 0 spiro atoms. The van der Waals surface area contributed by atoms with Gasteiger partial charge in [0.1, 0.15) is 0 Å². The van der Waals surface area contributed by atoms with E-state index in [-0.39, 0.29) is 5.75 Å². The summed E-state index contributed by atoms with van der Waals surface area (Å²) in [4.78, 5) is 0. The highest BCUT2D eigenvalue weighted by Gasteiger charge is 2.19. The molecule has 3 heteroatoms. The first-order valence-corrected chi connectivity index (χ1v) is 5.44. The fourth-order valence-corrected chi connectivity index (χ4v) is 1.61. The molecular weight excluding hydrogens is 193 g/mol. The third kappa shape index (κ3) is 3.20. The molecule has 0 amide bonds. The van der Waals surface area contributed by atoms with Crippen LogP contribution in [-0.2, 0) is 6.54 Å². The summed E-state index contributed by atoms with van der Waals surface area (Å²) >= 11 is 0. The normalized spacial score (nSPS) is 15.5. The van der Waals surface area contributed by atoms with Crippen molar-refractivity contribution < 1.29 is 9.50 Å². The van der Waals surface area contributed by atoms with Gasteiger partial charge in [-0.1, -0.05) is 18.9 Å². The standard InChI is InChI=1S/C12H16FNO/c13-11-7-10(3-4-12(11)15)8-14-6-5-9-1-2-9/h3-4,7,9,14-15H,1-2,5-6,8H2. The lowest BCUT2D eigenvalue weighted by Crippen LogP contribution is -2.15. The fourth-order valence-electron chi connectivity index (χ4n) is 1.61. The molecule has 0 bridgehead atoms. The monoisotopic (exact) mass is 209 g/mol. The van der Waals surface area contributed by atoms with Crippen molar-refractivity contribution in [3.05, 3.63) is 29.6 Å². The molecule has 0 unspecified atom stereocenters. The van der Waals surface area contributed by atoms with Crippen LogP contribution in [0.3, 0.4) is 0 Å². The lowest BCUT2D eigenvalue weighted by molar-refractivity contribution is 0.431. The van der Waals surface area contributed by atoms with Crippen molar-refractivity contribution in [2.75, 3.05) is 6.54 Å². The molecule has 0 radical (unpaired) electrons. The molecule has 0 aliphatic heterocycles. The number of phenolic OH excluding ortho intramolecular Hbond substituents is 1. The van der Waals surface area contributed by atoms with Crippen molar-refractivity contribution in [2.45, 2.75) is 25.8 Å². The molecule has 0 atom stereocenters. The van der Waals surface area contributed by atoms with E-state index >= 15 is 0 Å². The highest BCUT2D eigenvalue weighted by atomic mass is 19.1. The average Bonchev–Trinajstić information content (AvgIpc) is 3.02. The van der Waals surface area contributed by atoms with Crippen LogP contribution in [0.1, 0.15) is 24.8 Å². The van der Waals surface area contributed by atoms with Gasteiger partial charge in [0.2, 0.25) is 0 Å². The van der Waals surface area contributed by atoms with E-state index in [0.717, 1.165) is 18.0 Å². The first kappa shape index (κ1) is 10.4. The predicted molar refractivity (Wildman–Crippen MR) is 57.1 cm³/mol. The number of nitrogens with one attached hydrogen (secondary N) is 1. The van der Waals surface area contributed by atoms with Crippen LogP contribution in [0.5, 0.6) is 5.75 Å². The maximum Gasteiger partial charge on any atom is 0.165 e. The first-order valence-electron chi connectivity index (χ1n) is 5.44. The van der Waals surface area contributed by atoms with E-state index in [1.807, 2.05) is 0 Å². The minimum absolute atomic E-state index is 0.281. The van der Waals surface area contributed by atoms with Crippen molar-refractivity contribution in [1.82, 2.24) is 5.32 Å². The van der Waals surface area contributed by atoms with E-state index in [0.29, 0.717) is 6.54 Å². The zero-order chi connectivity index (χ0) is 10.7. The summed E-state index contributed by atoms with van der Waals surface area (Å²) in [6.45, 7) is 1.66. The number of rotatable bonds is 5. The van der Waals surface area contributed by atoms with Crippen molar-refractivity contribution in [3.8, 4) is 5.75 Å². The van der Waals surface area contributed by atoms with Gasteiger partial charge in [-0.25, -0.2) is 4.39 Å². The van der Waals surface area contributed by atoms with E-state index in [1.54, 1.807) is 6.07 Å². The lowest BCUT2D eigenvalue weighted by atomic mass is 10.2. The molecule has 0 heterocycles. The summed E-state index contributed by atoms with van der Waals surface area (Å²) in [5.74, 6) is 0.0993. The zero-order valence-corrected chi connectivity index (χ0v) is 8.67. The van der Waals surface area contributed by atoms with Gasteiger partial charge in [-0.2, -0.15) is 0 Å². The van der Waals surface area contributed by atoms with Gasteiger partial charge < -0.3 is 10.4 Å². The Hall–Kier alpha value is -1.09. The third-order valence-corrected chi connectivity index (χ3v) is 2.77. The molecule has 15 heavy (non-hydrogen) atoms. The van der Waals surface area contributed by atoms with Gasteiger partial charge in [-0.15, -0.1) is 0 Å². The van der Waals surface area contributed by atoms with Crippen molar-refractivity contribution in [2.24, 2.45) is 5.92 Å². The van der Waals surface area contributed by atoms with Gasteiger partial charge in [0.05, 0.1) is 0 Å². The molecule has 2 N–H and O–H groups in total. The maximum atomic E-state index is 12.9. The zero-order valence-electron chi connectivity index (χ0n) is 8.67. The van der Waals surface area contributed by atoms with Crippen LogP contribution >= 0.6 is 0 Å². The molecule has 2 rings (SSSR count). The highest BCUT2D eigenvalue weighted by molar-refractivity contribution is 5.27. The highest BCUT2D eigenvalue weighted by Crippen LogP contribution is 2.31. The third-order valence-electron chi connectivity index (χ3n) is 2.77. The van der Waals surface area contributed by atoms with Gasteiger partial charge in [-0.3, -0.25) is 0 Å². The summed E-state index contributed by atoms with van der Waals surface area (Å²) in [6, 6.07) is 4.51. The van der Waals surface area contributed by atoms with E-state index in [2.05, 4.69) is 5.32 Å². The summed E-state index contributed by atoms with van der Waals surface area (Å²) in [5, 5.41) is 12.3. The molecule has 0 saturated heterocycles. The maximum absolute atomic E-state index is 12.9. The molecule has 0 aromatic heterocycles. The van der Waals surface area contributed by atoms with Crippen LogP contribution < -0.4 is 5.32 Å². The van der Waals surface area contributed by atoms with E-state index in [4.69, 9.17) is 5.11 Å². The number of aromatic hydroxyl groups is 1. The Morgan fingerprint density at radius 3 is 2.87 bits per heavy atom. The van der Waals surface area contributed by atoms with E-state index in [9.17, 15) is 4.39 Å². The number of benzene rings is 1. The lowest BCUT2D eigenvalue weighted by Gasteiger charge is -2.04. The molecular formula is C12H16FNO. The largest absolute Gasteiger partial charge is 0.505 e. The van der Waals surface area contributed by atoms with Crippen LogP contribution in [0.25, 0.3) is 0 Å². The van der Waals surface area contributed by atoms with Crippen LogP contribution in [0, 0.1) is 11.7 Å². The average molecular weight is 209 g/mol. The summed E-state index contributed by atoms with van der Waals surface area (Å²) in [5.41, 5.74) is 0.876. The Morgan fingerprint density at radius 2 is 2.20 bits per heavy atom. The molecule has 2 nitrogen and oxygen atoms in total. The second-order valence-electron chi connectivity index (χ2n) is 4.19. The second-order valence-corrected chi connectivity index (χ2v) is 4.19. The topological polar surface area (TPSA) is 32.3 Å². The Bertz CT molecular complexity index is 336. The second kappa shape index (κ2) is 4.62. The van der Waals surface area contributed by atoms with Gasteiger partial charge in [-0.05, 0) is 36.6 Å². The SMILES string of the molecule is Oc1ccc(CNCCC2CC2)cc1F. The molecule has 1 aromatic carbocycles. The first-order chi connectivity index (χ1) is 7.25. The number of phenols is 1.